The summed E-state index contributed by atoms with van der Waals surface area (Å²) in [5.41, 5.74) is 6.96. The first-order valence-electron chi connectivity index (χ1n) is 6.13. The molecule has 1 aliphatic carbocycles. The van der Waals surface area contributed by atoms with Gasteiger partial charge >= 0.3 is 5.97 Å². The highest BCUT2D eigenvalue weighted by molar-refractivity contribution is 5.89. The van der Waals surface area contributed by atoms with Gasteiger partial charge in [-0.05, 0) is 32.6 Å². The molecule has 0 unspecified atom stereocenters. The van der Waals surface area contributed by atoms with Crippen LogP contribution in [-0.4, -0.2) is 20.9 Å². The molecule has 0 saturated heterocycles. The molecule has 2 rings (SSSR count). The summed E-state index contributed by atoms with van der Waals surface area (Å²) in [6, 6.07) is 0.0863. The van der Waals surface area contributed by atoms with Gasteiger partial charge in [0.05, 0.1) is 0 Å². The summed E-state index contributed by atoms with van der Waals surface area (Å²) in [5, 5.41) is 13.4. The zero-order valence-electron chi connectivity index (χ0n) is 10.3. The molecular weight excluding hydrogens is 218 g/mol. The van der Waals surface area contributed by atoms with Gasteiger partial charge in [-0.1, -0.05) is 12.8 Å². The number of hydrogen-bond acceptors (Lipinski definition) is 3. The fourth-order valence-electron chi connectivity index (χ4n) is 2.63. The van der Waals surface area contributed by atoms with Crippen molar-refractivity contribution in [1.29, 1.82) is 0 Å². The number of anilines is 1. The quantitative estimate of drug-likeness (QED) is 0.845. The fourth-order valence-corrected chi connectivity index (χ4v) is 2.63. The van der Waals surface area contributed by atoms with E-state index in [0.717, 1.165) is 31.2 Å². The molecule has 1 heterocycles. The average Bonchev–Trinajstić information content (AvgIpc) is 2.83. The molecule has 17 heavy (non-hydrogen) atoms. The van der Waals surface area contributed by atoms with Gasteiger partial charge in [-0.2, -0.15) is 5.10 Å². The topological polar surface area (TPSA) is 81.1 Å². The maximum atomic E-state index is 11.2. The summed E-state index contributed by atoms with van der Waals surface area (Å²) in [5.74, 6) is -0.170. The van der Waals surface area contributed by atoms with Crippen LogP contribution in [0, 0.1) is 0 Å². The molecule has 1 aromatic rings. The van der Waals surface area contributed by atoms with E-state index in [0.29, 0.717) is 5.82 Å². The first-order chi connectivity index (χ1) is 8.02. The number of rotatable bonds is 3. The molecule has 0 amide bonds. The summed E-state index contributed by atoms with van der Waals surface area (Å²) in [6.45, 7) is 3.90. The van der Waals surface area contributed by atoms with E-state index in [2.05, 4.69) is 5.10 Å². The van der Waals surface area contributed by atoms with Crippen LogP contribution in [0.3, 0.4) is 0 Å². The molecule has 0 aromatic carbocycles. The van der Waals surface area contributed by atoms with Crippen LogP contribution in [0.1, 0.15) is 67.5 Å². The lowest BCUT2D eigenvalue weighted by atomic mass is 9.97. The van der Waals surface area contributed by atoms with E-state index < -0.39 is 5.97 Å². The Morgan fingerprint density at radius 1 is 1.47 bits per heavy atom. The Kier molecular flexibility index (Phi) is 3.09. The minimum absolute atomic E-state index is 0.0863. The summed E-state index contributed by atoms with van der Waals surface area (Å²) >= 11 is 0. The largest absolute Gasteiger partial charge is 0.476 e. The van der Waals surface area contributed by atoms with Crippen LogP contribution in [0.2, 0.25) is 0 Å². The number of carboxylic acid groups (broad SMARTS) is 1. The van der Waals surface area contributed by atoms with E-state index in [9.17, 15) is 9.90 Å². The van der Waals surface area contributed by atoms with Crippen molar-refractivity contribution in [1.82, 2.24) is 9.78 Å². The van der Waals surface area contributed by atoms with Crippen molar-refractivity contribution < 1.29 is 9.90 Å². The summed E-state index contributed by atoms with van der Waals surface area (Å²) < 4.78 is 1.62. The molecule has 1 fully saturated rings. The lowest BCUT2D eigenvalue weighted by molar-refractivity contribution is 0.0687. The smallest absolute Gasteiger partial charge is 0.356 e. The number of aromatic nitrogens is 2. The van der Waals surface area contributed by atoms with Gasteiger partial charge in [0, 0.05) is 11.6 Å². The van der Waals surface area contributed by atoms with Crippen LogP contribution in [0.4, 0.5) is 5.82 Å². The van der Waals surface area contributed by atoms with Gasteiger partial charge in [0.1, 0.15) is 5.82 Å². The second-order valence-electron chi connectivity index (χ2n) is 4.97. The van der Waals surface area contributed by atoms with E-state index in [1.807, 2.05) is 13.8 Å². The van der Waals surface area contributed by atoms with Crippen molar-refractivity contribution in [3.8, 4) is 0 Å². The van der Waals surface area contributed by atoms with Crippen LogP contribution in [0.5, 0.6) is 0 Å². The molecule has 0 spiro atoms. The zero-order valence-corrected chi connectivity index (χ0v) is 10.3. The third kappa shape index (κ3) is 2.01. The number of aromatic carboxylic acids is 1. The maximum absolute atomic E-state index is 11.2. The number of carbonyl (C=O) groups is 1. The predicted molar refractivity (Wildman–Crippen MR) is 65.2 cm³/mol. The molecule has 0 bridgehead atoms. The number of nitrogens with two attached hydrogens (primary N) is 1. The van der Waals surface area contributed by atoms with Crippen LogP contribution in [0.15, 0.2) is 0 Å². The maximum Gasteiger partial charge on any atom is 0.356 e. The van der Waals surface area contributed by atoms with Crippen molar-refractivity contribution in [2.75, 3.05) is 5.73 Å². The lowest BCUT2D eigenvalue weighted by Crippen LogP contribution is -2.08. The van der Waals surface area contributed by atoms with Gasteiger partial charge in [0.2, 0.25) is 0 Å². The van der Waals surface area contributed by atoms with Crippen LogP contribution >= 0.6 is 0 Å². The molecule has 94 valence electrons. The number of nitrogen functional groups attached to an aromatic ring is 1. The highest BCUT2D eigenvalue weighted by Crippen LogP contribution is 2.39. The minimum atomic E-state index is -0.974. The summed E-state index contributed by atoms with van der Waals surface area (Å²) in [4.78, 5) is 11.2. The van der Waals surface area contributed by atoms with Crippen molar-refractivity contribution in [3.63, 3.8) is 0 Å². The molecule has 0 aliphatic heterocycles. The van der Waals surface area contributed by atoms with Crippen molar-refractivity contribution in [3.05, 3.63) is 11.3 Å². The minimum Gasteiger partial charge on any atom is -0.476 e. The van der Waals surface area contributed by atoms with E-state index in [-0.39, 0.29) is 17.7 Å². The van der Waals surface area contributed by atoms with Gasteiger partial charge in [-0.25, -0.2) is 9.48 Å². The highest BCUT2D eigenvalue weighted by Gasteiger charge is 2.29. The first-order valence-corrected chi connectivity index (χ1v) is 6.13. The Morgan fingerprint density at radius 2 is 2.06 bits per heavy atom. The first kappa shape index (κ1) is 12.0. The Balaban J connectivity index is 2.50. The van der Waals surface area contributed by atoms with Gasteiger partial charge in [0.25, 0.3) is 0 Å². The molecule has 0 radical (unpaired) electrons. The molecular formula is C12H19N3O2. The van der Waals surface area contributed by atoms with Crippen molar-refractivity contribution in [2.24, 2.45) is 0 Å². The van der Waals surface area contributed by atoms with Gasteiger partial charge in [0.15, 0.2) is 5.69 Å². The predicted octanol–water partition coefficient (Wildman–Crippen LogP) is 2.40. The molecule has 1 saturated carbocycles. The van der Waals surface area contributed by atoms with Crippen molar-refractivity contribution in [2.45, 2.75) is 51.5 Å². The monoisotopic (exact) mass is 237 g/mol. The second kappa shape index (κ2) is 4.39. The summed E-state index contributed by atoms with van der Waals surface area (Å²) in [7, 11) is 0. The van der Waals surface area contributed by atoms with Gasteiger partial charge < -0.3 is 10.8 Å². The van der Waals surface area contributed by atoms with Crippen LogP contribution in [0.25, 0.3) is 0 Å². The molecule has 0 atom stereocenters. The SMILES string of the molecule is CC(C)n1nc(C(=O)O)c(C2CCCC2)c1N. The Labute approximate surface area is 101 Å². The Bertz CT molecular complexity index is 431. The second-order valence-corrected chi connectivity index (χ2v) is 4.97. The van der Waals surface area contributed by atoms with Gasteiger partial charge in [-0.3, -0.25) is 0 Å². The third-order valence-electron chi connectivity index (χ3n) is 3.44. The van der Waals surface area contributed by atoms with E-state index in [1.54, 1.807) is 4.68 Å². The standard InChI is InChI=1S/C12H19N3O2/c1-7(2)15-11(13)9(8-5-3-4-6-8)10(14-15)12(16)17/h7-8H,3-6,13H2,1-2H3,(H,16,17). The number of nitrogens with zero attached hydrogens (tertiary/aromatic N) is 2. The highest BCUT2D eigenvalue weighted by atomic mass is 16.4. The zero-order chi connectivity index (χ0) is 12.6. The lowest BCUT2D eigenvalue weighted by Gasteiger charge is -2.11. The summed E-state index contributed by atoms with van der Waals surface area (Å²) in [6.07, 6.45) is 4.34. The van der Waals surface area contributed by atoms with Crippen LogP contribution < -0.4 is 5.73 Å². The Hall–Kier alpha value is -1.52. The molecule has 5 heteroatoms. The molecule has 1 aliphatic rings. The average molecular weight is 237 g/mol. The van der Waals surface area contributed by atoms with E-state index >= 15 is 0 Å². The van der Waals surface area contributed by atoms with E-state index in [1.165, 1.54) is 0 Å². The Morgan fingerprint density at radius 3 is 2.53 bits per heavy atom. The van der Waals surface area contributed by atoms with Crippen molar-refractivity contribution >= 4 is 11.8 Å². The van der Waals surface area contributed by atoms with Crippen LogP contribution in [-0.2, 0) is 0 Å². The van der Waals surface area contributed by atoms with Gasteiger partial charge in [-0.15, -0.1) is 0 Å². The molecule has 5 nitrogen and oxygen atoms in total. The number of carboxylic acids is 1. The van der Waals surface area contributed by atoms with E-state index in [4.69, 9.17) is 5.73 Å². The fraction of sp³-hybridized carbons (Fsp3) is 0.667. The normalized spacial score (nSPS) is 16.9. The molecule has 3 N–H and O–H groups in total. The molecule has 1 aromatic heterocycles. The number of hydrogen-bond donors (Lipinski definition) is 2. The third-order valence-corrected chi connectivity index (χ3v) is 3.44.